The third-order valence-corrected chi connectivity index (χ3v) is 6.03. The lowest BCUT2D eigenvalue weighted by Gasteiger charge is -2.39. The van der Waals surface area contributed by atoms with E-state index in [2.05, 4.69) is 0 Å². The van der Waals surface area contributed by atoms with Gasteiger partial charge in [0.2, 0.25) is 6.29 Å². The maximum absolute atomic E-state index is 11.0. The van der Waals surface area contributed by atoms with Crippen LogP contribution in [0, 0.1) is 0 Å². The van der Waals surface area contributed by atoms with Crippen LogP contribution in [0.4, 0.5) is 0 Å². The molecule has 210 valence electrons. The molecule has 38 heavy (non-hydrogen) atoms. The van der Waals surface area contributed by atoms with Crippen molar-refractivity contribution in [2.24, 2.45) is 0 Å². The van der Waals surface area contributed by atoms with Gasteiger partial charge in [-0.3, -0.25) is 0 Å². The van der Waals surface area contributed by atoms with Gasteiger partial charge in [-0.2, -0.15) is 0 Å². The Hall–Kier alpha value is -2.94. The van der Waals surface area contributed by atoms with E-state index in [1.165, 1.54) is 32.4 Å². The fourth-order valence-electron chi connectivity index (χ4n) is 3.91. The summed E-state index contributed by atoms with van der Waals surface area (Å²) in [6.45, 7) is -1.26. The Balaban J connectivity index is 1.78. The van der Waals surface area contributed by atoms with Gasteiger partial charge in [0.15, 0.2) is 29.1 Å². The number of hydrogen-bond acceptors (Lipinski definition) is 12. The second-order valence-corrected chi connectivity index (χ2v) is 8.50. The lowest BCUT2D eigenvalue weighted by Crippen LogP contribution is -2.60. The van der Waals surface area contributed by atoms with Gasteiger partial charge in [0, 0.05) is 0 Å². The smallest absolute Gasteiger partial charge is 0.229 e. The average molecular weight is 539 g/mol. The monoisotopic (exact) mass is 538 g/mol. The second kappa shape index (κ2) is 13.7. The first-order valence-corrected chi connectivity index (χ1v) is 11.8. The lowest BCUT2D eigenvalue weighted by atomic mass is 9.99. The standard InChI is InChI=1S/C26H34O12/c1-34-18-10-14(4-3-9-27)5-7-16(18)36-20(12-28)22(30)15-6-8-17(19(11-15)35-2)37-26-25(33)24(32)23(31)21(13-29)38-26/h3-8,10-11,20-33H,9,12-13H2,1-2H3/b4-3+/t20-,21+,22+,23+,24-,25+,26+/m0/s1. The van der Waals surface area contributed by atoms with E-state index >= 15 is 0 Å². The van der Waals surface area contributed by atoms with Crippen LogP contribution in [0.3, 0.4) is 0 Å². The zero-order chi connectivity index (χ0) is 27.8. The topological polar surface area (TPSA) is 188 Å². The van der Waals surface area contributed by atoms with Gasteiger partial charge in [0.05, 0.1) is 34.0 Å². The average Bonchev–Trinajstić information content (AvgIpc) is 2.94. The molecule has 0 radical (unpaired) electrons. The van der Waals surface area contributed by atoms with Crippen LogP contribution in [0.2, 0.25) is 0 Å². The van der Waals surface area contributed by atoms with Gasteiger partial charge >= 0.3 is 0 Å². The Kier molecular flexibility index (Phi) is 10.7. The number of aliphatic hydroxyl groups is 7. The molecule has 12 nitrogen and oxygen atoms in total. The first-order valence-electron chi connectivity index (χ1n) is 11.8. The normalized spacial score (nSPS) is 25.1. The van der Waals surface area contributed by atoms with Crippen LogP contribution >= 0.6 is 0 Å². The van der Waals surface area contributed by atoms with Crippen molar-refractivity contribution in [3.05, 3.63) is 53.6 Å². The van der Waals surface area contributed by atoms with E-state index in [-0.39, 0.29) is 23.9 Å². The molecule has 7 atom stereocenters. The van der Waals surface area contributed by atoms with Crippen molar-refractivity contribution in [1.29, 1.82) is 0 Å². The fourth-order valence-corrected chi connectivity index (χ4v) is 3.91. The quantitative estimate of drug-likeness (QED) is 0.181. The highest BCUT2D eigenvalue weighted by molar-refractivity contribution is 5.56. The summed E-state index contributed by atoms with van der Waals surface area (Å²) in [6, 6.07) is 9.36. The zero-order valence-corrected chi connectivity index (χ0v) is 21.0. The van der Waals surface area contributed by atoms with Crippen LogP contribution in [0.15, 0.2) is 42.5 Å². The maximum Gasteiger partial charge on any atom is 0.229 e. The predicted octanol–water partition coefficient (Wildman–Crippen LogP) is -0.639. The van der Waals surface area contributed by atoms with Gasteiger partial charge in [-0.1, -0.05) is 24.3 Å². The molecule has 3 rings (SSSR count). The SMILES string of the molecule is COc1cc([C@@H](O)[C@H](CO)Oc2ccc(/C=C/CO)cc2OC)ccc1O[C@@H]1O[C@H](CO)[C@@H](O)[C@H](O)[C@H]1O. The number of methoxy groups -OCH3 is 2. The minimum Gasteiger partial charge on any atom is -0.493 e. The molecule has 1 fully saturated rings. The van der Waals surface area contributed by atoms with Gasteiger partial charge in [-0.05, 0) is 35.4 Å². The summed E-state index contributed by atoms with van der Waals surface area (Å²) in [5, 5.41) is 69.4. The van der Waals surface area contributed by atoms with E-state index in [1.807, 2.05) is 0 Å². The summed E-state index contributed by atoms with van der Waals surface area (Å²) in [6.07, 6.45) is -6.47. The lowest BCUT2D eigenvalue weighted by molar-refractivity contribution is -0.277. The van der Waals surface area contributed by atoms with E-state index in [4.69, 9.17) is 28.8 Å². The highest BCUT2D eigenvalue weighted by atomic mass is 16.7. The van der Waals surface area contributed by atoms with Gasteiger partial charge in [0.1, 0.15) is 30.5 Å². The van der Waals surface area contributed by atoms with Crippen molar-refractivity contribution >= 4 is 6.08 Å². The van der Waals surface area contributed by atoms with Gasteiger partial charge in [0.25, 0.3) is 0 Å². The van der Waals surface area contributed by atoms with Crippen LogP contribution in [0.5, 0.6) is 23.0 Å². The van der Waals surface area contributed by atoms with Gasteiger partial charge < -0.3 is 59.4 Å². The number of benzene rings is 2. The molecule has 0 unspecified atom stereocenters. The molecule has 7 N–H and O–H groups in total. The summed E-state index contributed by atoms with van der Waals surface area (Å²) >= 11 is 0. The minimum absolute atomic E-state index is 0.0856. The molecule has 1 aliphatic heterocycles. The summed E-state index contributed by atoms with van der Waals surface area (Å²) in [4.78, 5) is 0. The van der Waals surface area contributed by atoms with Crippen LogP contribution in [-0.2, 0) is 4.74 Å². The molecule has 0 bridgehead atoms. The van der Waals surface area contributed by atoms with Crippen LogP contribution in [-0.4, -0.2) is 107 Å². The molecule has 0 aromatic heterocycles. The van der Waals surface area contributed by atoms with E-state index in [1.54, 1.807) is 30.4 Å². The fraction of sp³-hybridized carbons (Fsp3) is 0.462. The van der Waals surface area contributed by atoms with Crippen LogP contribution in [0.1, 0.15) is 17.2 Å². The predicted molar refractivity (Wildman–Crippen MR) is 133 cm³/mol. The zero-order valence-electron chi connectivity index (χ0n) is 21.0. The maximum atomic E-state index is 11.0. The molecule has 1 saturated heterocycles. The van der Waals surface area contributed by atoms with Crippen molar-refractivity contribution in [2.45, 2.75) is 42.9 Å². The van der Waals surface area contributed by atoms with E-state index < -0.39 is 56.1 Å². The highest BCUT2D eigenvalue weighted by Gasteiger charge is 2.45. The Morgan fingerprint density at radius 2 is 1.55 bits per heavy atom. The molecule has 2 aromatic carbocycles. The summed E-state index contributed by atoms with van der Waals surface area (Å²) < 4.78 is 27.6. The molecule has 0 aliphatic carbocycles. The molecule has 0 amide bonds. The van der Waals surface area contributed by atoms with Crippen molar-refractivity contribution in [3.8, 4) is 23.0 Å². The minimum atomic E-state index is -1.62. The van der Waals surface area contributed by atoms with Crippen LogP contribution < -0.4 is 18.9 Å². The second-order valence-electron chi connectivity index (χ2n) is 8.50. The summed E-state index contributed by atoms with van der Waals surface area (Å²) in [5.41, 5.74) is 1.06. The molecular formula is C26H34O12. The first kappa shape index (κ1) is 29.6. The third-order valence-electron chi connectivity index (χ3n) is 6.03. The van der Waals surface area contributed by atoms with Gasteiger partial charge in [-0.15, -0.1) is 0 Å². The molecule has 1 heterocycles. The Morgan fingerprint density at radius 1 is 0.868 bits per heavy atom. The molecule has 2 aromatic rings. The third kappa shape index (κ3) is 6.73. The van der Waals surface area contributed by atoms with Crippen molar-refractivity contribution < 1.29 is 59.4 Å². The van der Waals surface area contributed by atoms with E-state index in [0.29, 0.717) is 11.3 Å². The Labute approximate surface area is 219 Å². The molecule has 0 spiro atoms. The Morgan fingerprint density at radius 3 is 2.18 bits per heavy atom. The molecule has 1 aliphatic rings. The number of ether oxygens (including phenoxy) is 5. The van der Waals surface area contributed by atoms with Crippen molar-refractivity contribution in [1.82, 2.24) is 0 Å². The highest BCUT2D eigenvalue weighted by Crippen LogP contribution is 2.36. The number of hydrogen-bond donors (Lipinski definition) is 7. The molecule has 0 saturated carbocycles. The largest absolute Gasteiger partial charge is 0.493 e. The summed E-state index contributed by atoms with van der Waals surface area (Å²) in [5.74, 6) is 0.855. The van der Waals surface area contributed by atoms with Crippen molar-refractivity contribution in [3.63, 3.8) is 0 Å². The summed E-state index contributed by atoms with van der Waals surface area (Å²) in [7, 11) is 2.80. The van der Waals surface area contributed by atoms with Crippen molar-refractivity contribution in [2.75, 3.05) is 34.0 Å². The van der Waals surface area contributed by atoms with Gasteiger partial charge in [-0.25, -0.2) is 0 Å². The van der Waals surface area contributed by atoms with E-state index in [9.17, 15) is 30.6 Å². The number of rotatable bonds is 12. The van der Waals surface area contributed by atoms with Crippen LogP contribution in [0.25, 0.3) is 6.08 Å². The molecular weight excluding hydrogens is 504 g/mol. The van der Waals surface area contributed by atoms with E-state index in [0.717, 1.165) is 5.56 Å². The first-order chi connectivity index (χ1) is 18.3. The molecule has 12 heteroatoms. The number of aliphatic hydroxyl groups excluding tert-OH is 7. The Bertz CT molecular complexity index is 1060.